The van der Waals surface area contributed by atoms with Gasteiger partial charge in [0.25, 0.3) is 0 Å². The van der Waals surface area contributed by atoms with Crippen LogP contribution < -0.4 is 26.6 Å². The van der Waals surface area contributed by atoms with E-state index in [-0.39, 0.29) is 12.2 Å². The number of nitrogens with two attached hydrogens (primary N) is 1. The van der Waals surface area contributed by atoms with E-state index in [1.54, 1.807) is 6.34 Å². The minimum Gasteiger partial charge on any atom is -0.457 e. The highest BCUT2D eigenvalue weighted by Crippen LogP contribution is 2.31. The summed E-state index contributed by atoms with van der Waals surface area (Å²) in [5.41, 5.74) is 14.5. The Kier molecular flexibility index (Phi) is 3.45. The predicted octanol–water partition coefficient (Wildman–Crippen LogP) is 1.76. The van der Waals surface area contributed by atoms with Crippen LogP contribution in [0.25, 0.3) is 0 Å². The first-order valence-corrected chi connectivity index (χ1v) is 7.43. The second-order valence-electron chi connectivity index (χ2n) is 5.38. The highest BCUT2D eigenvalue weighted by atomic mass is 16.5. The number of benzene rings is 2. The van der Waals surface area contributed by atoms with Crippen molar-refractivity contribution in [1.82, 2.24) is 16.2 Å². The normalized spacial score (nSPS) is 22.3. The first-order chi connectivity index (χ1) is 11.3. The first kappa shape index (κ1) is 13.8. The van der Waals surface area contributed by atoms with Gasteiger partial charge in [-0.2, -0.15) is 0 Å². The van der Waals surface area contributed by atoms with Gasteiger partial charge in [-0.25, -0.2) is 5.43 Å². The number of rotatable bonds is 3. The Morgan fingerprint density at radius 3 is 2.48 bits per heavy atom. The van der Waals surface area contributed by atoms with Crippen LogP contribution in [0.5, 0.6) is 11.5 Å². The SMILES string of the molecule is NC1N=CNC2=C1C(c1ccc(Oc3ccccc3)cc1)NN2. The van der Waals surface area contributed by atoms with Crippen molar-refractivity contribution in [1.29, 1.82) is 0 Å². The molecule has 2 unspecified atom stereocenters. The number of aliphatic imine (C=N–C) groups is 1. The van der Waals surface area contributed by atoms with E-state index in [4.69, 9.17) is 10.5 Å². The summed E-state index contributed by atoms with van der Waals surface area (Å²) in [5, 5.41) is 3.06. The molecule has 0 bridgehead atoms. The summed E-state index contributed by atoms with van der Waals surface area (Å²) < 4.78 is 5.82. The summed E-state index contributed by atoms with van der Waals surface area (Å²) >= 11 is 0. The van der Waals surface area contributed by atoms with Crippen LogP contribution in [0.15, 0.2) is 71.0 Å². The van der Waals surface area contributed by atoms with Gasteiger partial charge in [-0.3, -0.25) is 4.99 Å². The molecule has 6 nitrogen and oxygen atoms in total. The summed E-state index contributed by atoms with van der Waals surface area (Å²) in [4.78, 5) is 4.20. The third-order valence-electron chi connectivity index (χ3n) is 3.90. The highest BCUT2D eigenvalue weighted by molar-refractivity contribution is 5.62. The molecule has 0 saturated carbocycles. The van der Waals surface area contributed by atoms with Crippen molar-refractivity contribution in [2.45, 2.75) is 12.2 Å². The molecular weight excluding hydrogens is 290 g/mol. The van der Waals surface area contributed by atoms with Gasteiger partial charge in [-0.1, -0.05) is 30.3 Å². The lowest BCUT2D eigenvalue weighted by atomic mass is 9.98. The van der Waals surface area contributed by atoms with Crippen molar-refractivity contribution >= 4 is 6.34 Å². The Bertz CT molecular complexity index is 754. The van der Waals surface area contributed by atoms with Crippen LogP contribution in [0.1, 0.15) is 11.6 Å². The minimum absolute atomic E-state index is 0.0178. The molecule has 2 heterocycles. The van der Waals surface area contributed by atoms with Gasteiger partial charge in [0.2, 0.25) is 0 Å². The number of ether oxygens (including phenoxy) is 1. The Morgan fingerprint density at radius 1 is 0.957 bits per heavy atom. The van der Waals surface area contributed by atoms with Gasteiger partial charge >= 0.3 is 0 Å². The van der Waals surface area contributed by atoms with Crippen molar-refractivity contribution in [3.05, 3.63) is 71.6 Å². The molecule has 0 radical (unpaired) electrons. The molecule has 4 rings (SSSR count). The fourth-order valence-electron chi connectivity index (χ4n) is 2.75. The van der Waals surface area contributed by atoms with Crippen LogP contribution in [0.2, 0.25) is 0 Å². The molecule has 0 spiro atoms. The van der Waals surface area contributed by atoms with Crippen molar-refractivity contribution in [2.24, 2.45) is 10.7 Å². The number of hydrazine groups is 1. The highest BCUT2D eigenvalue weighted by Gasteiger charge is 2.32. The zero-order valence-electron chi connectivity index (χ0n) is 12.4. The molecule has 5 N–H and O–H groups in total. The summed E-state index contributed by atoms with van der Waals surface area (Å²) in [6.07, 6.45) is 1.26. The Balaban J connectivity index is 1.54. The zero-order chi connectivity index (χ0) is 15.6. The third kappa shape index (κ3) is 2.65. The Labute approximate surface area is 134 Å². The van der Waals surface area contributed by atoms with E-state index < -0.39 is 0 Å². The molecule has 2 aromatic rings. The van der Waals surface area contributed by atoms with Crippen molar-refractivity contribution in [2.75, 3.05) is 0 Å². The van der Waals surface area contributed by atoms with Gasteiger partial charge in [-0.05, 0) is 29.8 Å². The average molecular weight is 307 g/mol. The van der Waals surface area contributed by atoms with Crippen LogP contribution in [0, 0.1) is 0 Å². The number of hydrogen-bond acceptors (Lipinski definition) is 6. The molecule has 0 amide bonds. The van der Waals surface area contributed by atoms with E-state index in [1.807, 2.05) is 54.6 Å². The molecule has 0 aromatic heterocycles. The van der Waals surface area contributed by atoms with Gasteiger partial charge < -0.3 is 21.2 Å². The van der Waals surface area contributed by atoms with Gasteiger partial charge in [0, 0.05) is 5.57 Å². The van der Waals surface area contributed by atoms with Crippen LogP contribution in [-0.4, -0.2) is 12.5 Å². The largest absolute Gasteiger partial charge is 0.457 e. The molecular formula is C17H17N5O. The summed E-state index contributed by atoms with van der Waals surface area (Å²) in [6, 6.07) is 17.7. The number of nitrogens with zero attached hydrogens (tertiary/aromatic N) is 1. The molecule has 23 heavy (non-hydrogen) atoms. The smallest absolute Gasteiger partial charge is 0.127 e. The lowest BCUT2D eigenvalue weighted by Crippen LogP contribution is -2.33. The van der Waals surface area contributed by atoms with Crippen LogP contribution in [0.3, 0.4) is 0 Å². The monoisotopic (exact) mass is 307 g/mol. The van der Waals surface area contributed by atoms with Crippen LogP contribution in [-0.2, 0) is 0 Å². The maximum Gasteiger partial charge on any atom is 0.127 e. The number of nitrogens with one attached hydrogen (secondary N) is 3. The van der Waals surface area contributed by atoms with E-state index in [0.29, 0.717) is 0 Å². The molecule has 6 heteroatoms. The molecule has 2 aromatic carbocycles. The Morgan fingerprint density at radius 2 is 1.70 bits per heavy atom. The summed E-state index contributed by atoms with van der Waals surface area (Å²) in [5.74, 6) is 2.49. The van der Waals surface area contributed by atoms with Gasteiger partial charge in [0.05, 0.1) is 12.4 Å². The predicted molar refractivity (Wildman–Crippen MR) is 88.6 cm³/mol. The van der Waals surface area contributed by atoms with Crippen molar-refractivity contribution in [3.8, 4) is 11.5 Å². The quantitative estimate of drug-likeness (QED) is 0.694. The Hall–Kier alpha value is -2.83. The van der Waals surface area contributed by atoms with Crippen molar-refractivity contribution < 1.29 is 4.74 Å². The van der Waals surface area contributed by atoms with E-state index >= 15 is 0 Å². The lowest BCUT2D eigenvalue weighted by molar-refractivity contribution is 0.482. The van der Waals surface area contributed by atoms with Crippen LogP contribution in [0.4, 0.5) is 0 Å². The zero-order valence-corrected chi connectivity index (χ0v) is 12.4. The van der Waals surface area contributed by atoms with Crippen LogP contribution >= 0.6 is 0 Å². The molecule has 0 fully saturated rings. The minimum atomic E-state index is -0.348. The molecule has 2 atom stereocenters. The first-order valence-electron chi connectivity index (χ1n) is 7.43. The molecule has 0 saturated heterocycles. The molecule has 2 aliphatic heterocycles. The van der Waals surface area contributed by atoms with Gasteiger partial charge in [0.15, 0.2) is 0 Å². The van der Waals surface area contributed by atoms with E-state index in [9.17, 15) is 0 Å². The van der Waals surface area contributed by atoms with E-state index in [2.05, 4.69) is 21.2 Å². The maximum atomic E-state index is 6.08. The van der Waals surface area contributed by atoms with Gasteiger partial charge in [0.1, 0.15) is 23.5 Å². The topological polar surface area (TPSA) is 83.7 Å². The standard InChI is InChI=1S/C17H17N5O/c18-16-14-15(21-22-17(14)20-10-19-16)11-6-8-13(9-7-11)23-12-4-2-1-3-5-12/h1-10,15-16,21-22H,18H2,(H,19,20). The molecule has 0 aliphatic carbocycles. The second kappa shape index (κ2) is 5.75. The second-order valence-corrected chi connectivity index (χ2v) is 5.38. The van der Waals surface area contributed by atoms with E-state index in [1.165, 1.54) is 0 Å². The van der Waals surface area contributed by atoms with E-state index in [0.717, 1.165) is 28.5 Å². The average Bonchev–Trinajstić information content (AvgIpc) is 3.02. The number of para-hydroxylation sites is 1. The lowest BCUT2D eigenvalue weighted by Gasteiger charge is -2.20. The summed E-state index contributed by atoms with van der Waals surface area (Å²) in [7, 11) is 0. The fraction of sp³-hybridized carbons (Fsp3) is 0.118. The third-order valence-corrected chi connectivity index (χ3v) is 3.90. The fourth-order valence-corrected chi connectivity index (χ4v) is 2.75. The molecule has 116 valence electrons. The van der Waals surface area contributed by atoms with Gasteiger partial charge in [-0.15, -0.1) is 0 Å². The maximum absolute atomic E-state index is 6.08. The molecule has 2 aliphatic rings. The number of hydrogen-bond donors (Lipinski definition) is 4. The van der Waals surface area contributed by atoms with Crippen molar-refractivity contribution in [3.63, 3.8) is 0 Å². The summed E-state index contributed by atoms with van der Waals surface area (Å²) in [6.45, 7) is 0.